The summed E-state index contributed by atoms with van der Waals surface area (Å²) < 4.78 is 37.3. The molecule has 0 atom stereocenters. The van der Waals surface area contributed by atoms with Crippen molar-refractivity contribution in [1.82, 2.24) is 0 Å². The van der Waals surface area contributed by atoms with Crippen LogP contribution in [0.3, 0.4) is 0 Å². The van der Waals surface area contributed by atoms with E-state index in [9.17, 15) is 17.1 Å². The van der Waals surface area contributed by atoms with E-state index in [-0.39, 0.29) is 11.7 Å². The maximum atomic E-state index is 12.4. The van der Waals surface area contributed by atoms with E-state index in [2.05, 4.69) is 4.18 Å². The zero-order valence-corrected chi connectivity index (χ0v) is 10.3. The lowest BCUT2D eigenvalue weighted by atomic mass is 10.1. The van der Waals surface area contributed by atoms with Crippen LogP contribution in [0, 0.1) is 0 Å². The van der Waals surface area contributed by atoms with E-state index in [1.807, 2.05) is 0 Å². The number of halogens is 1. The van der Waals surface area contributed by atoms with Crippen LogP contribution >= 0.6 is 0 Å². The molecule has 5 nitrogen and oxygen atoms in total. The van der Waals surface area contributed by atoms with Gasteiger partial charge in [-0.2, -0.15) is 8.42 Å². The molecule has 0 N–H and O–H groups in total. The summed E-state index contributed by atoms with van der Waals surface area (Å²) in [6, 6.07) is 5.81. The Morgan fingerprint density at radius 3 is 2.72 bits per heavy atom. The van der Waals surface area contributed by atoms with Crippen molar-refractivity contribution < 1.29 is 21.3 Å². The Labute approximate surface area is 105 Å². The summed E-state index contributed by atoms with van der Waals surface area (Å²) in [6.07, 6.45) is 2.20. The van der Waals surface area contributed by atoms with Gasteiger partial charge in [-0.25, -0.2) is 0 Å². The van der Waals surface area contributed by atoms with E-state index in [4.69, 9.17) is 0 Å². The minimum absolute atomic E-state index is 0.0264. The number of amides is 1. The van der Waals surface area contributed by atoms with Gasteiger partial charge in [0.05, 0.1) is 0 Å². The smallest absolute Gasteiger partial charge is 0.358 e. The Morgan fingerprint density at radius 1 is 1.28 bits per heavy atom. The van der Waals surface area contributed by atoms with E-state index in [0.717, 1.165) is 12.8 Å². The summed E-state index contributed by atoms with van der Waals surface area (Å²) in [6.45, 7) is 0.574. The van der Waals surface area contributed by atoms with Gasteiger partial charge in [-0.15, -0.1) is 0 Å². The Bertz CT molecular complexity index is 558. The molecule has 0 spiro atoms. The minimum atomic E-state index is -5.04. The van der Waals surface area contributed by atoms with Gasteiger partial charge in [-0.1, -0.05) is 9.95 Å². The third-order valence-corrected chi connectivity index (χ3v) is 3.04. The van der Waals surface area contributed by atoms with Gasteiger partial charge >= 0.3 is 10.5 Å². The number of rotatable bonds is 3. The Kier molecular flexibility index (Phi) is 3.51. The third kappa shape index (κ3) is 3.19. The van der Waals surface area contributed by atoms with Gasteiger partial charge in [0.15, 0.2) is 0 Å². The maximum Gasteiger partial charge on any atom is 0.488 e. The van der Waals surface area contributed by atoms with Crippen molar-refractivity contribution in [1.29, 1.82) is 0 Å². The number of anilines is 1. The van der Waals surface area contributed by atoms with Crippen LogP contribution in [0.15, 0.2) is 24.3 Å². The number of nitrogens with zero attached hydrogens (tertiary/aromatic N) is 1. The normalized spacial score (nSPS) is 16.7. The van der Waals surface area contributed by atoms with Gasteiger partial charge in [0, 0.05) is 24.7 Å². The van der Waals surface area contributed by atoms with E-state index >= 15 is 0 Å². The van der Waals surface area contributed by atoms with Crippen LogP contribution in [0.25, 0.3) is 0 Å². The molecule has 0 radical (unpaired) electrons. The topological polar surface area (TPSA) is 63.7 Å². The fourth-order valence-electron chi connectivity index (χ4n) is 1.90. The fourth-order valence-corrected chi connectivity index (χ4v) is 2.23. The van der Waals surface area contributed by atoms with Crippen LogP contribution in [0.2, 0.25) is 0 Å². The van der Waals surface area contributed by atoms with Gasteiger partial charge < -0.3 is 9.08 Å². The molecule has 1 aromatic rings. The second-order valence-corrected chi connectivity index (χ2v) is 4.93. The summed E-state index contributed by atoms with van der Waals surface area (Å²) in [5.41, 5.74) is 0.515. The summed E-state index contributed by atoms with van der Waals surface area (Å²) in [5, 5.41) is 0. The molecule has 1 heterocycles. The standard InChI is InChI=1S/C11H12FNO4S/c12-18(15,16)17-10-5-3-4-9(8-10)13-7-2-1-6-11(13)14/h3-5,8H,1-2,6-7H2. The molecule has 0 bridgehead atoms. The average Bonchev–Trinajstić information content (AvgIpc) is 2.27. The van der Waals surface area contributed by atoms with Crippen molar-refractivity contribution in [3.63, 3.8) is 0 Å². The monoisotopic (exact) mass is 273 g/mol. The molecular weight excluding hydrogens is 261 g/mol. The lowest BCUT2D eigenvalue weighted by molar-refractivity contribution is -0.119. The van der Waals surface area contributed by atoms with Crippen molar-refractivity contribution in [2.24, 2.45) is 0 Å². The van der Waals surface area contributed by atoms with Gasteiger partial charge in [0.1, 0.15) is 5.75 Å². The first kappa shape index (κ1) is 12.8. The minimum Gasteiger partial charge on any atom is -0.358 e. The zero-order chi connectivity index (χ0) is 13.2. The Morgan fingerprint density at radius 2 is 2.06 bits per heavy atom. The highest BCUT2D eigenvalue weighted by atomic mass is 32.3. The molecule has 1 saturated heterocycles. The molecule has 2 rings (SSSR count). The summed E-state index contributed by atoms with van der Waals surface area (Å²) in [4.78, 5) is 13.2. The molecule has 1 aliphatic heterocycles. The van der Waals surface area contributed by atoms with E-state index in [1.54, 1.807) is 11.0 Å². The summed E-state index contributed by atoms with van der Waals surface area (Å²) in [5.74, 6) is -0.171. The molecule has 1 amide bonds. The highest BCUT2D eigenvalue weighted by Crippen LogP contribution is 2.25. The third-order valence-electron chi connectivity index (χ3n) is 2.65. The second-order valence-electron chi connectivity index (χ2n) is 3.98. The van der Waals surface area contributed by atoms with Crippen molar-refractivity contribution in [2.75, 3.05) is 11.4 Å². The highest BCUT2D eigenvalue weighted by Gasteiger charge is 2.20. The average molecular weight is 273 g/mol. The number of hydrogen-bond donors (Lipinski definition) is 0. The van der Waals surface area contributed by atoms with Gasteiger partial charge in [0.2, 0.25) is 5.91 Å². The van der Waals surface area contributed by atoms with Crippen LogP contribution < -0.4 is 9.08 Å². The molecule has 1 aromatic carbocycles. The molecule has 1 fully saturated rings. The lowest BCUT2D eigenvalue weighted by Gasteiger charge is -2.26. The largest absolute Gasteiger partial charge is 0.488 e. The van der Waals surface area contributed by atoms with Crippen LogP contribution in [-0.4, -0.2) is 20.9 Å². The van der Waals surface area contributed by atoms with E-state index < -0.39 is 10.5 Å². The maximum absolute atomic E-state index is 12.4. The lowest BCUT2D eigenvalue weighted by Crippen LogP contribution is -2.35. The van der Waals surface area contributed by atoms with Crippen LogP contribution in [0.4, 0.5) is 9.57 Å². The van der Waals surface area contributed by atoms with Crippen LogP contribution in [-0.2, 0) is 15.3 Å². The van der Waals surface area contributed by atoms with E-state index in [1.165, 1.54) is 18.2 Å². The molecule has 18 heavy (non-hydrogen) atoms. The molecule has 1 aliphatic rings. The molecular formula is C11H12FNO4S. The molecule has 0 aliphatic carbocycles. The Hall–Kier alpha value is -1.63. The van der Waals surface area contributed by atoms with Gasteiger partial charge in [0.25, 0.3) is 0 Å². The fraction of sp³-hybridized carbons (Fsp3) is 0.364. The Balaban J connectivity index is 2.23. The first-order valence-corrected chi connectivity index (χ1v) is 6.81. The highest BCUT2D eigenvalue weighted by molar-refractivity contribution is 7.81. The molecule has 98 valence electrons. The summed E-state index contributed by atoms with van der Waals surface area (Å²) in [7, 11) is -5.04. The predicted molar refractivity (Wildman–Crippen MR) is 63.3 cm³/mol. The molecule has 7 heteroatoms. The number of benzene rings is 1. The van der Waals surface area contributed by atoms with Crippen molar-refractivity contribution in [3.05, 3.63) is 24.3 Å². The first-order valence-electron chi connectivity index (χ1n) is 5.50. The van der Waals surface area contributed by atoms with Crippen molar-refractivity contribution in [2.45, 2.75) is 19.3 Å². The summed E-state index contributed by atoms with van der Waals surface area (Å²) >= 11 is 0. The zero-order valence-electron chi connectivity index (χ0n) is 9.50. The van der Waals surface area contributed by atoms with E-state index in [0.29, 0.717) is 18.7 Å². The molecule has 0 aromatic heterocycles. The molecule has 0 unspecified atom stereocenters. The van der Waals surface area contributed by atoms with Gasteiger partial charge in [-0.05, 0) is 25.0 Å². The predicted octanol–water partition coefficient (Wildman–Crippen LogP) is 1.80. The van der Waals surface area contributed by atoms with Crippen molar-refractivity contribution >= 4 is 22.1 Å². The second kappa shape index (κ2) is 4.93. The quantitative estimate of drug-likeness (QED) is 0.788. The first-order chi connectivity index (χ1) is 8.46. The van der Waals surface area contributed by atoms with Crippen LogP contribution in [0.1, 0.15) is 19.3 Å². The number of carbonyl (C=O) groups is 1. The van der Waals surface area contributed by atoms with Gasteiger partial charge in [-0.3, -0.25) is 4.79 Å². The van der Waals surface area contributed by atoms with Crippen molar-refractivity contribution in [3.8, 4) is 5.75 Å². The van der Waals surface area contributed by atoms with Crippen LogP contribution in [0.5, 0.6) is 5.75 Å². The SMILES string of the molecule is O=C1CCCCN1c1cccc(OS(=O)(=O)F)c1. The number of piperidine rings is 1. The molecule has 0 saturated carbocycles. The number of carbonyl (C=O) groups excluding carboxylic acids is 1. The number of hydrogen-bond acceptors (Lipinski definition) is 4.